The third-order valence-corrected chi connectivity index (χ3v) is 2.40. The molecule has 0 aromatic carbocycles. The van der Waals surface area contributed by atoms with Crippen LogP contribution in [0, 0.1) is 13.8 Å². The molecule has 1 aromatic heterocycles. The first-order chi connectivity index (χ1) is 7.52. The molecular weight excluding hydrogens is 206 g/mol. The summed E-state index contributed by atoms with van der Waals surface area (Å²) >= 11 is 0. The van der Waals surface area contributed by atoms with Crippen LogP contribution in [0.1, 0.15) is 24.7 Å². The van der Waals surface area contributed by atoms with Gasteiger partial charge in [-0.3, -0.25) is 9.48 Å². The van der Waals surface area contributed by atoms with Crippen molar-refractivity contribution in [2.75, 3.05) is 6.54 Å². The number of hydrogen-bond acceptors (Lipinski definition) is 3. The number of amides is 1. The number of nitrogens with zero attached hydrogens (tertiary/aromatic N) is 2. The van der Waals surface area contributed by atoms with Crippen LogP contribution in [0.25, 0.3) is 0 Å². The quantitative estimate of drug-likeness (QED) is 0.761. The minimum atomic E-state index is -0.468. The van der Waals surface area contributed by atoms with Crippen LogP contribution in [0.5, 0.6) is 0 Å². The van der Waals surface area contributed by atoms with Gasteiger partial charge in [-0.25, -0.2) is 0 Å². The summed E-state index contributed by atoms with van der Waals surface area (Å²) in [5.74, 6) is -0.126. The number of carbonyl (C=O) groups excluding carboxylic acids is 1. The second kappa shape index (κ2) is 5.65. The van der Waals surface area contributed by atoms with Crippen molar-refractivity contribution in [2.45, 2.75) is 39.8 Å². The van der Waals surface area contributed by atoms with Gasteiger partial charge in [-0.05, 0) is 26.3 Å². The molecule has 0 aliphatic rings. The van der Waals surface area contributed by atoms with E-state index in [1.807, 2.05) is 26.8 Å². The van der Waals surface area contributed by atoms with Gasteiger partial charge < -0.3 is 10.4 Å². The fraction of sp³-hybridized carbons (Fsp3) is 0.636. The standard InChI is InChI=1S/C11H19N3O2/c1-4-10(15)6-12-11(16)7-14-9(3)5-8(2)13-14/h5,10,15H,4,6-7H2,1-3H3,(H,12,16). The van der Waals surface area contributed by atoms with Crippen LogP contribution < -0.4 is 5.32 Å². The maximum Gasteiger partial charge on any atom is 0.241 e. The number of aliphatic hydroxyl groups is 1. The molecule has 0 saturated heterocycles. The van der Waals surface area contributed by atoms with Gasteiger partial charge in [-0.1, -0.05) is 6.92 Å². The largest absolute Gasteiger partial charge is 0.391 e. The Kier molecular flexibility index (Phi) is 4.49. The Bertz CT molecular complexity index is 360. The van der Waals surface area contributed by atoms with Crippen molar-refractivity contribution in [1.82, 2.24) is 15.1 Å². The van der Waals surface area contributed by atoms with Gasteiger partial charge in [0.2, 0.25) is 5.91 Å². The number of aryl methyl sites for hydroxylation is 2. The van der Waals surface area contributed by atoms with E-state index < -0.39 is 6.10 Å². The molecule has 1 atom stereocenters. The maximum atomic E-state index is 11.5. The van der Waals surface area contributed by atoms with E-state index >= 15 is 0 Å². The molecule has 1 aromatic rings. The molecule has 0 bridgehead atoms. The normalized spacial score (nSPS) is 12.5. The first kappa shape index (κ1) is 12.7. The Morgan fingerprint density at radius 2 is 2.31 bits per heavy atom. The highest BCUT2D eigenvalue weighted by molar-refractivity contribution is 5.75. The highest BCUT2D eigenvalue weighted by Gasteiger charge is 2.08. The molecule has 0 saturated carbocycles. The molecule has 5 nitrogen and oxygen atoms in total. The zero-order chi connectivity index (χ0) is 12.1. The number of aliphatic hydroxyl groups excluding tert-OH is 1. The number of hydrogen-bond donors (Lipinski definition) is 2. The maximum absolute atomic E-state index is 11.5. The lowest BCUT2D eigenvalue weighted by atomic mass is 10.3. The molecule has 1 heterocycles. The lowest BCUT2D eigenvalue weighted by Crippen LogP contribution is -2.34. The molecule has 2 N–H and O–H groups in total. The van der Waals surface area contributed by atoms with Crippen molar-refractivity contribution in [1.29, 1.82) is 0 Å². The van der Waals surface area contributed by atoms with Crippen LogP contribution in [-0.2, 0) is 11.3 Å². The van der Waals surface area contributed by atoms with Gasteiger partial charge in [0.1, 0.15) is 6.54 Å². The van der Waals surface area contributed by atoms with Gasteiger partial charge in [-0.15, -0.1) is 0 Å². The highest BCUT2D eigenvalue weighted by atomic mass is 16.3. The van der Waals surface area contributed by atoms with Crippen LogP contribution in [0.3, 0.4) is 0 Å². The van der Waals surface area contributed by atoms with Gasteiger partial charge in [0.05, 0.1) is 11.8 Å². The van der Waals surface area contributed by atoms with Gasteiger partial charge >= 0.3 is 0 Å². The van der Waals surface area contributed by atoms with Crippen molar-refractivity contribution in [3.63, 3.8) is 0 Å². The third kappa shape index (κ3) is 3.66. The van der Waals surface area contributed by atoms with Crippen molar-refractivity contribution in [2.24, 2.45) is 0 Å². The van der Waals surface area contributed by atoms with Gasteiger partial charge in [-0.2, -0.15) is 5.10 Å². The predicted molar refractivity (Wildman–Crippen MR) is 61.0 cm³/mol. The van der Waals surface area contributed by atoms with Crippen LogP contribution in [0.15, 0.2) is 6.07 Å². The van der Waals surface area contributed by atoms with E-state index in [0.717, 1.165) is 11.4 Å². The molecule has 0 fully saturated rings. The van der Waals surface area contributed by atoms with E-state index in [1.54, 1.807) is 4.68 Å². The van der Waals surface area contributed by atoms with Crippen LogP contribution in [-0.4, -0.2) is 33.4 Å². The first-order valence-corrected chi connectivity index (χ1v) is 5.48. The third-order valence-electron chi connectivity index (χ3n) is 2.40. The summed E-state index contributed by atoms with van der Waals surface area (Å²) in [5, 5.41) is 16.2. The predicted octanol–water partition coefficient (Wildman–Crippen LogP) is 0.387. The minimum absolute atomic E-state index is 0.126. The van der Waals surface area contributed by atoms with E-state index in [9.17, 15) is 9.90 Å². The first-order valence-electron chi connectivity index (χ1n) is 5.48. The molecule has 90 valence electrons. The number of aromatic nitrogens is 2. The van der Waals surface area contributed by atoms with E-state index in [1.165, 1.54) is 0 Å². The fourth-order valence-corrected chi connectivity index (χ4v) is 1.40. The summed E-state index contributed by atoms with van der Waals surface area (Å²) in [7, 11) is 0. The molecule has 0 radical (unpaired) electrons. The lowest BCUT2D eigenvalue weighted by molar-refractivity contribution is -0.122. The number of nitrogens with one attached hydrogen (secondary N) is 1. The molecule has 5 heteroatoms. The Morgan fingerprint density at radius 1 is 1.62 bits per heavy atom. The van der Waals surface area contributed by atoms with Crippen molar-refractivity contribution in [3.05, 3.63) is 17.5 Å². The van der Waals surface area contributed by atoms with Crippen molar-refractivity contribution < 1.29 is 9.90 Å². The molecule has 16 heavy (non-hydrogen) atoms. The second-order valence-corrected chi connectivity index (χ2v) is 3.95. The van der Waals surface area contributed by atoms with Crippen molar-refractivity contribution >= 4 is 5.91 Å². The van der Waals surface area contributed by atoms with Gasteiger partial charge in [0.15, 0.2) is 0 Å². The highest BCUT2D eigenvalue weighted by Crippen LogP contribution is 2.00. The molecule has 0 aliphatic heterocycles. The van der Waals surface area contributed by atoms with Crippen LogP contribution >= 0.6 is 0 Å². The molecular formula is C11H19N3O2. The smallest absolute Gasteiger partial charge is 0.241 e. The van der Waals surface area contributed by atoms with E-state index in [0.29, 0.717) is 13.0 Å². The summed E-state index contributed by atoms with van der Waals surface area (Å²) in [6, 6.07) is 1.92. The molecule has 1 amide bonds. The summed E-state index contributed by atoms with van der Waals surface area (Å²) in [6.45, 7) is 6.18. The molecule has 0 aliphatic carbocycles. The Balaban J connectivity index is 2.43. The fourth-order valence-electron chi connectivity index (χ4n) is 1.40. The molecule has 1 rings (SSSR count). The average molecular weight is 225 g/mol. The Hall–Kier alpha value is -1.36. The number of carbonyl (C=O) groups is 1. The van der Waals surface area contributed by atoms with Crippen molar-refractivity contribution in [3.8, 4) is 0 Å². The molecule has 0 spiro atoms. The minimum Gasteiger partial charge on any atom is -0.391 e. The lowest BCUT2D eigenvalue weighted by Gasteiger charge is -2.10. The SMILES string of the molecule is CCC(O)CNC(=O)Cn1nc(C)cc1C. The number of rotatable bonds is 5. The summed E-state index contributed by atoms with van der Waals surface area (Å²) in [5.41, 5.74) is 1.86. The monoisotopic (exact) mass is 225 g/mol. The van der Waals surface area contributed by atoms with Gasteiger partial charge in [0, 0.05) is 12.2 Å². The van der Waals surface area contributed by atoms with Gasteiger partial charge in [0.25, 0.3) is 0 Å². The Morgan fingerprint density at radius 3 is 2.81 bits per heavy atom. The van der Waals surface area contributed by atoms with Crippen LogP contribution in [0.2, 0.25) is 0 Å². The summed E-state index contributed by atoms with van der Waals surface area (Å²) < 4.78 is 1.66. The van der Waals surface area contributed by atoms with E-state index in [2.05, 4.69) is 10.4 Å². The molecule has 1 unspecified atom stereocenters. The Labute approximate surface area is 95.5 Å². The second-order valence-electron chi connectivity index (χ2n) is 3.95. The average Bonchev–Trinajstić information content (AvgIpc) is 2.54. The zero-order valence-corrected chi connectivity index (χ0v) is 10.0. The topological polar surface area (TPSA) is 67.2 Å². The van der Waals surface area contributed by atoms with Crippen LogP contribution in [0.4, 0.5) is 0 Å². The summed E-state index contributed by atoms with van der Waals surface area (Å²) in [6.07, 6.45) is 0.171. The zero-order valence-electron chi connectivity index (χ0n) is 10.0. The summed E-state index contributed by atoms with van der Waals surface area (Å²) in [4.78, 5) is 11.5. The van der Waals surface area contributed by atoms with E-state index in [4.69, 9.17) is 0 Å². The van der Waals surface area contributed by atoms with E-state index in [-0.39, 0.29) is 12.5 Å².